The highest BCUT2D eigenvalue weighted by Crippen LogP contribution is 2.38. The highest BCUT2D eigenvalue weighted by molar-refractivity contribution is 7.97. The Morgan fingerprint density at radius 1 is 0.500 bits per heavy atom. The van der Waals surface area contributed by atoms with Crippen LogP contribution in [-0.4, -0.2) is 15.3 Å². The molecule has 3 nitrogen and oxygen atoms in total. The van der Waals surface area contributed by atoms with Crippen LogP contribution in [0.15, 0.2) is 99.6 Å². The molecule has 0 aliphatic rings. The second-order valence-electron chi connectivity index (χ2n) is 5.92. The summed E-state index contributed by atoms with van der Waals surface area (Å²) in [7, 11) is -0.447. The molecule has 0 atom stereocenters. The molecule has 4 aromatic carbocycles. The van der Waals surface area contributed by atoms with E-state index in [2.05, 4.69) is 0 Å². The van der Waals surface area contributed by atoms with Crippen LogP contribution >= 0.6 is 0 Å². The smallest absolute Gasteiger partial charge is 0.174 e. The van der Waals surface area contributed by atoms with Gasteiger partial charge in [-0.15, -0.1) is 0 Å². The molecule has 4 heteroatoms. The van der Waals surface area contributed by atoms with Gasteiger partial charge in [-0.2, -0.15) is 0 Å². The molecule has 0 amide bonds. The molecule has 0 unspecified atom stereocenters. The quantitative estimate of drug-likeness (QED) is 0.447. The molecule has 26 heavy (non-hydrogen) atoms. The van der Waals surface area contributed by atoms with Gasteiger partial charge < -0.3 is 15.3 Å². The third kappa shape index (κ3) is 2.95. The number of phenolic OH excluding ortho intramolecular Hbond substituents is 3. The molecule has 0 fully saturated rings. The monoisotopic (exact) mass is 361 g/mol. The minimum absolute atomic E-state index is 0.221. The summed E-state index contributed by atoms with van der Waals surface area (Å²) in [4.78, 5) is 3.17. The molecular weight excluding hydrogens is 344 g/mol. The van der Waals surface area contributed by atoms with Gasteiger partial charge in [-0.3, -0.25) is 0 Å². The van der Waals surface area contributed by atoms with Crippen LogP contribution in [0.1, 0.15) is 0 Å². The van der Waals surface area contributed by atoms with Crippen LogP contribution in [-0.2, 0) is 10.9 Å². The highest BCUT2D eigenvalue weighted by Gasteiger charge is 2.31. The number of benzene rings is 4. The lowest BCUT2D eigenvalue weighted by Crippen LogP contribution is -2.05. The maximum Gasteiger partial charge on any atom is 0.174 e. The van der Waals surface area contributed by atoms with E-state index in [1.54, 1.807) is 30.3 Å². The summed E-state index contributed by atoms with van der Waals surface area (Å²) in [5.41, 5.74) is 0. The first-order valence-electron chi connectivity index (χ1n) is 8.16. The summed E-state index contributed by atoms with van der Waals surface area (Å²) in [6.07, 6.45) is 0. The summed E-state index contributed by atoms with van der Waals surface area (Å²) >= 11 is 0. The first-order chi connectivity index (χ1) is 12.6. The Hall–Kier alpha value is -3.11. The van der Waals surface area contributed by atoms with Crippen molar-refractivity contribution in [1.29, 1.82) is 0 Å². The van der Waals surface area contributed by atoms with Crippen LogP contribution in [0.4, 0.5) is 0 Å². The first kappa shape index (κ1) is 16.4. The molecule has 128 valence electrons. The number of aromatic hydroxyl groups is 3. The Balaban J connectivity index is 1.98. The van der Waals surface area contributed by atoms with Crippen LogP contribution < -0.4 is 0 Å². The highest BCUT2D eigenvalue weighted by atomic mass is 32.2. The lowest BCUT2D eigenvalue weighted by atomic mass is 10.1. The fourth-order valence-corrected chi connectivity index (χ4v) is 5.19. The fourth-order valence-electron chi connectivity index (χ4n) is 2.99. The molecular formula is C22H17O3S+. The van der Waals surface area contributed by atoms with E-state index >= 15 is 0 Å². The molecule has 0 heterocycles. The molecule has 0 bridgehead atoms. The average molecular weight is 361 g/mol. The van der Waals surface area contributed by atoms with E-state index in [1.807, 2.05) is 54.6 Å². The van der Waals surface area contributed by atoms with Gasteiger partial charge in [0.25, 0.3) is 0 Å². The zero-order valence-corrected chi connectivity index (χ0v) is 14.6. The second-order valence-corrected chi connectivity index (χ2v) is 7.92. The summed E-state index contributed by atoms with van der Waals surface area (Å²) in [6.45, 7) is 0. The van der Waals surface area contributed by atoms with Gasteiger partial charge in [0.2, 0.25) is 0 Å². The van der Waals surface area contributed by atoms with Crippen LogP contribution in [0.3, 0.4) is 0 Å². The Morgan fingerprint density at radius 2 is 1.00 bits per heavy atom. The van der Waals surface area contributed by atoms with E-state index in [9.17, 15) is 15.3 Å². The van der Waals surface area contributed by atoms with Crippen molar-refractivity contribution in [3.8, 4) is 17.2 Å². The number of hydrogen-bond acceptors (Lipinski definition) is 3. The lowest BCUT2D eigenvalue weighted by molar-refractivity contribution is 0.474. The molecule has 0 aliphatic heterocycles. The molecule has 4 aromatic rings. The fraction of sp³-hybridized carbons (Fsp3) is 0. The molecule has 0 radical (unpaired) electrons. The van der Waals surface area contributed by atoms with Gasteiger partial charge in [0, 0.05) is 10.8 Å². The third-order valence-electron chi connectivity index (χ3n) is 4.23. The van der Waals surface area contributed by atoms with Gasteiger partial charge in [-0.25, -0.2) is 0 Å². The van der Waals surface area contributed by atoms with E-state index in [-0.39, 0.29) is 17.2 Å². The van der Waals surface area contributed by atoms with Gasteiger partial charge in [0.1, 0.15) is 17.2 Å². The van der Waals surface area contributed by atoms with Crippen molar-refractivity contribution >= 4 is 21.7 Å². The van der Waals surface area contributed by atoms with Gasteiger partial charge in [-0.05, 0) is 66.7 Å². The van der Waals surface area contributed by atoms with Gasteiger partial charge >= 0.3 is 0 Å². The van der Waals surface area contributed by atoms with E-state index in [1.165, 1.54) is 0 Å². The Bertz CT molecular complexity index is 1010. The largest absolute Gasteiger partial charge is 0.508 e. The molecule has 0 saturated carbocycles. The first-order valence-corrected chi connectivity index (χ1v) is 9.39. The van der Waals surface area contributed by atoms with E-state index in [4.69, 9.17) is 0 Å². The maximum atomic E-state index is 10.2. The zero-order chi connectivity index (χ0) is 18.1. The molecule has 0 aromatic heterocycles. The van der Waals surface area contributed by atoms with Crippen LogP contribution in [0.2, 0.25) is 0 Å². The Morgan fingerprint density at radius 3 is 1.54 bits per heavy atom. The zero-order valence-electron chi connectivity index (χ0n) is 13.8. The molecule has 3 N–H and O–H groups in total. The van der Waals surface area contributed by atoms with Crippen molar-refractivity contribution in [3.63, 3.8) is 0 Å². The number of hydrogen-bond donors (Lipinski definition) is 3. The summed E-state index contributed by atoms with van der Waals surface area (Å²) in [5.74, 6) is 0.696. The Labute approximate surface area is 154 Å². The molecule has 0 saturated heterocycles. The maximum absolute atomic E-state index is 10.2. The van der Waals surface area contributed by atoms with Crippen molar-refractivity contribution in [3.05, 3.63) is 84.9 Å². The summed E-state index contributed by atoms with van der Waals surface area (Å²) in [5, 5.41) is 31.3. The Kier molecular flexibility index (Phi) is 4.19. The number of phenols is 3. The van der Waals surface area contributed by atoms with Crippen molar-refractivity contribution in [2.75, 3.05) is 0 Å². The molecule has 4 rings (SSSR count). The summed E-state index contributed by atoms with van der Waals surface area (Å²) < 4.78 is 0. The van der Waals surface area contributed by atoms with Crippen molar-refractivity contribution < 1.29 is 15.3 Å². The van der Waals surface area contributed by atoms with Gasteiger partial charge in [-0.1, -0.05) is 18.2 Å². The van der Waals surface area contributed by atoms with Crippen molar-refractivity contribution in [2.45, 2.75) is 14.7 Å². The minimum Gasteiger partial charge on any atom is -0.508 e. The average Bonchev–Trinajstić information content (AvgIpc) is 2.67. The van der Waals surface area contributed by atoms with E-state index < -0.39 is 10.9 Å². The van der Waals surface area contributed by atoms with E-state index in [0.717, 1.165) is 25.5 Å². The van der Waals surface area contributed by atoms with Crippen LogP contribution in [0.25, 0.3) is 10.8 Å². The second kappa shape index (κ2) is 6.65. The van der Waals surface area contributed by atoms with Crippen molar-refractivity contribution in [1.82, 2.24) is 0 Å². The predicted octanol–water partition coefficient (Wildman–Crippen LogP) is 5.05. The predicted molar refractivity (Wildman–Crippen MR) is 104 cm³/mol. The van der Waals surface area contributed by atoms with Crippen molar-refractivity contribution in [2.24, 2.45) is 0 Å². The minimum atomic E-state index is -0.447. The van der Waals surface area contributed by atoms with Gasteiger partial charge in [0.15, 0.2) is 14.7 Å². The SMILES string of the molecule is Oc1ccc([S+](c2ccc(O)cc2)c2ccc(O)c3ccccc23)cc1. The molecule has 0 aliphatic carbocycles. The lowest BCUT2D eigenvalue weighted by Gasteiger charge is -2.11. The topological polar surface area (TPSA) is 60.7 Å². The number of fused-ring (bicyclic) bond motifs is 1. The normalized spacial score (nSPS) is 11.1. The number of rotatable bonds is 3. The van der Waals surface area contributed by atoms with E-state index in [0.29, 0.717) is 0 Å². The van der Waals surface area contributed by atoms with Crippen LogP contribution in [0.5, 0.6) is 17.2 Å². The molecule has 0 spiro atoms. The van der Waals surface area contributed by atoms with Crippen LogP contribution in [0, 0.1) is 0 Å². The standard InChI is InChI=1S/C22H16O3S/c23-15-5-9-17(10-6-15)26(18-11-7-16(24)8-12-18)22-14-13-21(25)19-3-1-2-4-20(19)22/h1-14H,(H2-,23,24,25)/p+1. The third-order valence-corrected chi connectivity index (χ3v) is 6.51. The van der Waals surface area contributed by atoms with Gasteiger partial charge in [0.05, 0.1) is 10.9 Å². The summed E-state index contributed by atoms with van der Waals surface area (Å²) in [6, 6.07) is 25.8.